The summed E-state index contributed by atoms with van der Waals surface area (Å²) < 4.78 is 5.56. The van der Waals surface area contributed by atoms with Crippen LogP contribution in [-0.4, -0.2) is 15.9 Å². The number of phenols is 1. The number of Topliss-reactive ketones (excluding diaryl/α,β-unsaturated/α-hetero) is 1. The van der Waals surface area contributed by atoms with E-state index in [1.54, 1.807) is 37.5 Å². The van der Waals surface area contributed by atoms with Crippen molar-refractivity contribution in [1.29, 1.82) is 0 Å². The van der Waals surface area contributed by atoms with Crippen molar-refractivity contribution in [1.82, 2.24) is 4.98 Å². The first-order valence-corrected chi connectivity index (χ1v) is 5.83. The predicted molar refractivity (Wildman–Crippen MR) is 70.0 cm³/mol. The summed E-state index contributed by atoms with van der Waals surface area (Å²) in [5.74, 6) is 0.618. The van der Waals surface area contributed by atoms with Gasteiger partial charge >= 0.3 is 0 Å². The van der Waals surface area contributed by atoms with E-state index in [1.807, 2.05) is 6.07 Å². The van der Waals surface area contributed by atoms with Gasteiger partial charge in [-0.2, -0.15) is 0 Å². The van der Waals surface area contributed by atoms with E-state index in [2.05, 4.69) is 4.98 Å². The number of aromatic nitrogens is 1. The number of rotatable bonds is 1. The molecule has 0 saturated carbocycles. The van der Waals surface area contributed by atoms with E-state index in [-0.39, 0.29) is 17.3 Å². The molecule has 0 fully saturated rings. The first-order chi connectivity index (χ1) is 9.16. The Bertz CT molecular complexity index is 690. The van der Waals surface area contributed by atoms with Crippen LogP contribution in [0.3, 0.4) is 0 Å². The van der Waals surface area contributed by atoms with Crippen molar-refractivity contribution in [2.24, 2.45) is 0 Å². The van der Waals surface area contributed by atoms with Crippen molar-refractivity contribution in [3.05, 3.63) is 59.1 Å². The van der Waals surface area contributed by atoms with Crippen LogP contribution in [0.15, 0.2) is 42.4 Å². The molecule has 0 unspecified atom stereocenters. The molecule has 19 heavy (non-hydrogen) atoms. The Labute approximate surface area is 110 Å². The number of aromatic hydroxyl groups is 1. The van der Waals surface area contributed by atoms with Crippen LogP contribution in [0.5, 0.6) is 11.5 Å². The van der Waals surface area contributed by atoms with Crippen molar-refractivity contribution in [3.8, 4) is 11.5 Å². The number of carbonyl (C=O) groups is 1. The maximum absolute atomic E-state index is 12.2. The van der Waals surface area contributed by atoms with Gasteiger partial charge in [0.2, 0.25) is 5.78 Å². The minimum absolute atomic E-state index is 0.120. The molecule has 2 heterocycles. The fourth-order valence-corrected chi connectivity index (χ4v) is 1.99. The largest absolute Gasteiger partial charge is 0.508 e. The second kappa shape index (κ2) is 4.24. The number of benzene rings is 1. The van der Waals surface area contributed by atoms with Gasteiger partial charge in [-0.3, -0.25) is 9.78 Å². The second-order valence-electron chi connectivity index (χ2n) is 4.31. The van der Waals surface area contributed by atoms with E-state index >= 15 is 0 Å². The Morgan fingerprint density at radius 2 is 2.16 bits per heavy atom. The lowest BCUT2D eigenvalue weighted by atomic mass is 10.1. The van der Waals surface area contributed by atoms with Crippen molar-refractivity contribution < 1.29 is 14.6 Å². The molecule has 1 aromatic heterocycles. The van der Waals surface area contributed by atoms with Gasteiger partial charge in [0.05, 0.1) is 5.56 Å². The number of phenolic OH excluding ortho intramolecular Hbond substituents is 1. The van der Waals surface area contributed by atoms with E-state index in [1.165, 1.54) is 6.07 Å². The SMILES string of the molecule is Cc1c(O)ccc2c1O/C(=C/c1cccnc1)C2=O. The minimum Gasteiger partial charge on any atom is -0.508 e. The van der Waals surface area contributed by atoms with Crippen molar-refractivity contribution >= 4 is 11.9 Å². The number of fused-ring (bicyclic) bond motifs is 1. The minimum atomic E-state index is -0.179. The van der Waals surface area contributed by atoms with Gasteiger partial charge in [-0.25, -0.2) is 0 Å². The number of nitrogens with zero attached hydrogens (tertiary/aromatic N) is 1. The smallest absolute Gasteiger partial charge is 0.231 e. The Morgan fingerprint density at radius 3 is 2.89 bits per heavy atom. The van der Waals surface area contributed by atoms with E-state index in [0.29, 0.717) is 16.9 Å². The molecule has 4 nitrogen and oxygen atoms in total. The van der Waals surface area contributed by atoms with Crippen LogP contribution >= 0.6 is 0 Å². The molecular weight excluding hydrogens is 242 g/mol. The third-order valence-electron chi connectivity index (χ3n) is 3.04. The summed E-state index contributed by atoms with van der Waals surface area (Å²) >= 11 is 0. The van der Waals surface area contributed by atoms with Gasteiger partial charge in [-0.05, 0) is 36.8 Å². The summed E-state index contributed by atoms with van der Waals surface area (Å²) in [7, 11) is 0. The summed E-state index contributed by atoms with van der Waals surface area (Å²) in [6, 6.07) is 6.70. The first kappa shape index (κ1) is 11.5. The molecule has 1 aliphatic heterocycles. The molecule has 4 heteroatoms. The van der Waals surface area contributed by atoms with Crippen LogP contribution < -0.4 is 4.74 Å². The van der Waals surface area contributed by atoms with E-state index in [0.717, 1.165) is 5.56 Å². The average molecular weight is 253 g/mol. The number of hydrogen-bond donors (Lipinski definition) is 1. The monoisotopic (exact) mass is 253 g/mol. The Hall–Kier alpha value is -2.62. The molecule has 0 aliphatic carbocycles. The van der Waals surface area contributed by atoms with Gasteiger partial charge in [0.1, 0.15) is 11.5 Å². The average Bonchev–Trinajstić information content (AvgIpc) is 2.73. The van der Waals surface area contributed by atoms with Crippen LogP contribution in [0.2, 0.25) is 0 Å². The fraction of sp³-hybridized carbons (Fsp3) is 0.0667. The van der Waals surface area contributed by atoms with Gasteiger partial charge in [0.25, 0.3) is 0 Å². The molecular formula is C15H11NO3. The molecule has 0 radical (unpaired) electrons. The Morgan fingerprint density at radius 1 is 1.32 bits per heavy atom. The highest BCUT2D eigenvalue weighted by molar-refractivity contribution is 6.14. The van der Waals surface area contributed by atoms with Gasteiger partial charge in [0.15, 0.2) is 5.76 Å². The second-order valence-corrected chi connectivity index (χ2v) is 4.31. The normalized spacial score (nSPS) is 15.4. The molecule has 94 valence electrons. The molecule has 0 saturated heterocycles. The van der Waals surface area contributed by atoms with Gasteiger partial charge < -0.3 is 9.84 Å². The maximum Gasteiger partial charge on any atom is 0.231 e. The maximum atomic E-state index is 12.2. The van der Waals surface area contributed by atoms with Crippen LogP contribution in [-0.2, 0) is 0 Å². The zero-order valence-corrected chi connectivity index (χ0v) is 10.3. The number of carbonyl (C=O) groups excluding carboxylic acids is 1. The number of hydrogen-bond acceptors (Lipinski definition) is 4. The Balaban J connectivity index is 2.05. The number of ketones is 1. The van der Waals surface area contributed by atoms with Crippen molar-refractivity contribution in [2.75, 3.05) is 0 Å². The van der Waals surface area contributed by atoms with Gasteiger partial charge in [-0.15, -0.1) is 0 Å². The van der Waals surface area contributed by atoms with E-state index in [4.69, 9.17) is 4.74 Å². The summed E-state index contributed by atoms with van der Waals surface area (Å²) in [5, 5.41) is 9.62. The topological polar surface area (TPSA) is 59.4 Å². The Kier molecular flexibility index (Phi) is 2.56. The van der Waals surface area contributed by atoms with Crippen LogP contribution in [0.1, 0.15) is 21.5 Å². The lowest BCUT2D eigenvalue weighted by Gasteiger charge is -2.03. The molecule has 2 aromatic rings. The molecule has 1 aliphatic rings. The highest BCUT2D eigenvalue weighted by atomic mass is 16.5. The summed E-state index contributed by atoms with van der Waals surface area (Å²) in [5.41, 5.74) is 1.84. The quantitative estimate of drug-likeness (QED) is 0.794. The highest BCUT2D eigenvalue weighted by Crippen LogP contribution is 2.38. The zero-order chi connectivity index (χ0) is 13.4. The molecule has 0 atom stereocenters. The summed E-state index contributed by atoms with van der Waals surface area (Å²) in [6.07, 6.45) is 4.96. The third kappa shape index (κ3) is 1.87. The van der Waals surface area contributed by atoms with Gasteiger partial charge in [0, 0.05) is 18.0 Å². The highest BCUT2D eigenvalue weighted by Gasteiger charge is 2.29. The van der Waals surface area contributed by atoms with E-state index in [9.17, 15) is 9.90 Å². The van der Waals surface area contributed by atoms with Gasteiger partial charge in [-0.1, -0.05) is 6.07 Å². The molecule has 0 spiro atoms. The fourth-order valence-electron chi connectivity index (χ4n) is 1.99. The molecule has 0 bridgehead atoms. The van der Waals surface area contributed by atoms with Crippen molar-refractivity contribution in [2.45, 2.75) is 6.92 Å². The predicted octanol–water partition coefficient (Wildman–Crippen LogP) is 2.71. The van der Waals surface area contributed by atoms with Crippen LogP contribution in [0, 0.1) is 6.92 Å². The lowest BCUT2D eigenvalue weighted by molar-refractivity contribution is 0.101. The zero-order valence-electron chi connectivity index (χ0n) is 10.3. The molecule has 1 aromatic carbocycles. The van der Waals surface area contributed by atoms with E-state index < -0.39 is 0 Å². The third-order valence-corrected chi connectivity index (χ3v) is 3.04. The van der Waals surface area contributed by atoms with Crippen LogP contribution in [0.25, 0.3) is 6.08 Å². The van der Waals surface area contributed by atoms with Crippen molar-refractivity contribution in [3.63, 3.8) is 0 Å². The lowest BCUT2D eigenvalue weighted by Crippen LogP contribution is -1.97. The number of allylic oxidation sites excluding steroid dienone is 1. The molecule has 0 amide bonds. The standard InChI is InChI=1S/C15H11NO3/c1-9-12(17)5-4-11-14(18)13(19-15(9)11)7-10-3-2-6-16-8-10/h2-8,17H,1H3/b13-7+. The summed E-state index contributed by atoms with van der Waals surface area (Å²) in [6.45, 7) is 1.72. The first-order valence-electron chi connectivity index (χ1n) is 5.83. The summed E-state index contributed by atoms with van der Waals surface area (Å²) in [4.78, 5) is 16.2. The van der Waals surface area contributed by atoms with Crippen LogP contribution in [0.4, 0.5) is 0 Å². The number of pyridine rings is 1. The molecule has 3 rings (SSSR count). The molecule has 1 N–H and O–H groups in total. The number of ether oxygens (including phenoxy) is 1.